The first kappa shape index (κ1) is 15.6. The molecule has 0 spiro atoms. The van der Waals surface area contributed by atoms with Crippen LogP contribution in [0.2, 0.25) is 0 Å². The Labute approximate surface area is 127 Å². The Balaban J connectivity index is 2.28. The Morgan fingerprint density at radius 2 is 1.57 bits per heavy atom. The van der Waals surface area contributed by atoms with E-state index in [-0.39, 0.29) is 0 Å². The molecule has 112 valence electrons. The zero-order valence-corrected chi connectivity index (χ0v) is 13.7. The summed E-state index contributed by atoms with van der Waals surface area (Å²) in [6, 6.07) is 12.8. The maximum absolute atomic E-state index is 12.4. The molecule has 21 heavy (non-hydrogen) atoms. The maximum Gasteiger partial charge on any atom is 0.262 e. The van der Waals surface area contributed by atoms with Gasteiger partial charge in [-0.25, -0.2) is 8.42 Å². The van der Waals surface area contributed by atoms with Crippen molar-refractivity contribution in [3.05, 3.63) is 59.2 Å². The van der Waals surface area contributed by atoms with E-state index >= 15 is 0 Å². The number of hydrogen-bond donors (Lipinski definition) is 1. The fraction of sp³-hybridized carbons (Fsp3) is 0.294. The van der Waals surface area contributed by atoms with E-state index in [4.69, 9.17) is 0 Å². The molecule has 0 atom stereocenters. The van der Waals surface area contributed by atoms with E-state index in [1.807, 2.05) is 38.1 Å². The van der Waals surface area contributed by atoms with Crippen LogP contribution in [-0.4, -0.2) is 8.42 Å². The molecule has 0 unspecified atom stereocenters. The molecule has 0 aliphatic rings. The summed E-state index contributed by atoms with van der Waals surface area (Å²) in [7, 11) is -3.54. The minimum absolute atomic E-state index is 0.320. The van der Waals surface area contributed by atoms with Crippen LogP contribution in [0, 0.1) is 13.8 Å². The molecule has 0 aliphatic carbocycles. The van der Waals surface area contributed by atoms with Crippen molar-refractivity contribution < 1.29 is 8.42 Å². The first-order valence-electron chi connectivity index (χ1n) is 6.99. The summed E-state index contributed by atoms with van der Waals surface area (Å²) in [4.78, 5) is 0.320. The quantitative estimate of drug-likeness (QED) is 0.919. The van der Waals surface area contributed by atoms with Crippen LogP contribution in [0.25, 0.3) is 0 Å². The largest absolute Gasteiger partial charge is 0.280 e. The number of sulfonamides is 1. The lowest BCUT2D eigenvalue weighted by atomic mass is 10.0. The lowest BCUT2D eigenvalue weighted by Gasteiger charge is -2.12. The molecule has 0 saturated carbocycles. The van der Waals surface area contributed by atoms with E-state index in [2.05, 4.69) is 18.6 Å². The molecule has 0 aliphatic heterocycles. The average molecular weight is 303 g/mol. The fourth-order valence-electron chi connectivity index (χ4n) is 2.25. The highest BCUT2D eigenvalue weighted by Crippen LogP contribution is 2.22. The van der Waals surface area contributed by atoms with E-state index < -0.39 is 10.0 Å². The molecule has 0 radical (unpaired) electrons. The highest BCUT2D eigenvalue weighted by atomic mass is 32.2. The first-order chi connectivity index (χ1) is 9.79. The van der Waals surface area contributed by atoms with E-state index in [0.717, 1.165) is 11.1 Å². The van der Waals surface area contributed by atoms with Gasteiger partial charge in [0, 0.05) is 5.69 Å². The molecule has 0 saturated heterocycles. The third kappa shape index (κ3) is 3.64. The first-order valence-corrected chi connectivity index (χ1v) is 8.48. The van der Waals surface area contributed by atoms with Crippen molar-refractivity contribution in [1.82, 2.24) is 0 Å². The molecule has 2 aromatic carbocycles. The zero-order chi connectivity index (χ0) is 15.6. The summed E-state index contributed by atoms with van der Waals surface area (Å²) in [6.45, 7) is 7.97. The molecule has 0 aromatic heterocycles. The van der Waals surface area contributed by atoms with Gasteiger partial charge in [0.25, 0.3) is 10.0 Å². The third-order valence-electron chi connectivity index (χ3n) is 3.45. The molecule has 2 aromatic rings. The Hall–Kier alpha value is -1.81. The van der Waals surface area contributed by atoms with Gasteiger partial charge in [0.05, 0.1) is 4.90 Å². The van der Waals surface area contributed by atoms with Gasteiger partial charge in [-0.3, -0.25) is 4.72 Å². The molecule has 4 heteroatoms. The number of rotatable bonds is 4. The van der Waals surface area contributed by atoms with Gasteiger partial charge < -0.3 is 0 Å². The van der Waals surface area contributed by atoms with E-state index in [9.17, 15) is 8.42 Å². The van der Waals surface area contributed by atoms with Crippen molar-refractivity contribution in [2.24, 2.45) is 0 Å². The van der Waals surface area contributed by atoms with Crippen LogP contribution in [0.1, 0.15) is 36.5 Å². The van der Waals surface area contributed by atoms with Crippen LogP contribution in [0.5, 0.6) is 0 Å². The SMILES string of the molecule is Cc1ccc(S(=O)(=O)Nc2ccc(C(C)C)cc2)c(C)c1. The number of anilines is 1. The van der Waals surface area contributed by atoms with Gasteiger partial charge in [-0.1, -0.05) is 43.7 Å². The van der Waals surface area contributed by atoms with Gasteiger partial charge in [-0.05, 0) is 49.1 Å². The topological polar surface area (TPSA) is 46.2 Å². The summed E-state index contributed by atoms with van der Waals surface area (Å²) in [5.74, 6) is 0.426. The normalized spacial score (nSPS) is 11.7. The molecule has 0 fully saturated rings. The lowest BCUT2D eigenvalue weighted by molar-refractivity contribution is 0.600. The van der Waals surface area contributed by atoms with Crippen molar-refractivity contribution in [2.45, 2.75) is 38.5 Å². The molecular formula is C17H21NO2S. The summed E-state index contributed by atoms with van der Waals surface area (Å²) in [6.07, 6.45) is 0. The maximum atomic E-state index is 12.4. The second-order valence-electron chi connectivity index (χ2n) is 5.65. The minimum Gasteiger partial charge on any atom is -0.280 e. The lowest BCUT2D eigenvalue weighted by Crippen LogP contribution is -2.14. The summed E-state index contributed by atoms with van der Waals surface area (Å²) in [5, 5.41) is 0. The van der Waals surface area contributed by atoms with Gasteiger partial charge in [-0.2, -0.15) is 0 Å². The summed E-state index contributed by atoms with van der Waals surface area (Å²) < 4.78 is 27.5. The standard InChI is InChI=1S/C17H21NO2S/c1-12(2)15-6-8-16(9-7-15)18-21(19,20)17-10-5-13(3)11-14(17)4/h5-12,18H,1-4H3. The predicted octanol–water partition coefficient (Wildman–Crippen LogP) is 4.23. The van der Waals surface area contributed by atoms with Crippen molar-refractivity contribution in [1.29, 1.82) is 0 Å². The van der Waals surface area contributed by atoms with Gasteiger partial charge in [0.1, 0.15) is 0 Å². The monoisotopic (exact) mass is 303 g/mol. The second-order valence-corrected chi connectivity index (χ2v) is 7.30. The molecule has 0 amide bonds. The van der Waals surface area contributed by atoms with E-state index in [1.54, 1.807) is 18.2 Å². The predicted molar refractivity (Wildman–Crippen MR) is 87.3 cm³/mol. The van der Waals surface area contributed by atoms with Crippen LogP contribution in [0.15, 0.2) is 47.4 Å². The smallest absolute Gasteiger partial charge is 0.262 e. The molecular weight excluding hydrogens is 282 g/mol. The number of hydrogen-bond acceptors (Lipinski definition) is 2. The van der Waals surface area contributed by atoms with Crippen molar-refractivity contribution in [3.8, 4) is 0 Å². The summed E-state index contributed by atoms with van der Waals surface area (Å²) in [5.41, 5.74) is 3.57. The van der Waals surface area contributed by atoms with Crippen LogP contribution in [0.4, 0.5) is 5.69 Å². The Morgan fingerprint density at radius 1 is 0.952 bits per heavy atom. The Bertz CT molecular complexity index is 732. The Morgan fingerprint density at radius 3 is 2.10 bits per heavy atom. The highest BCUT2D eigenvalue weighted by molar-refractivity contribution is 7.92. The van der Waals surface area contributed by atoms with Gasteiger partial charge in [0.15, 0.2) is 0 Å². The fourth-order valence-corrected chi connectivity index (χ4v) is 3.53. The second kappa shape index (κ2) is 5.90. The van der Waals surface area contributed by atoms with Crippen LogP contribution in [-0.2, 0) is 10.0 Å². The van der Waals surface area contributed by atoms with Crippen LogP contribution < -0.4 is 4.72 Å². The van der Waals surface area contributed by atoms with Crippen molar-refractivity contribution >= 4 is 15.7 Å². The van der Waals surface area contributed by atoms with Crippen molar-refractivity contribution in [3.63, 3.8) is 0 Å². The Kier molecular flexibility index (Phi) is 4.37. The molecule has 0 bridgehead atoms. The van der Waals surface area contributed by atoms with E-state index in [1.165, 1.54) is 5.56 Å². The van der Waals surface area contributed by atoms with Gasteiger partial charge >= 0.3 is 0 Å². The van der Waals surface area contributed by atoms with Crippen LogP contribution in [0.3, 0.4) is 0 Å². The summed E-state index contributed by atoms with van der Waals surface area (Å²) >= 11 is 0. The molecule has 1 N–H and O–H groups in total. The van der Waals surface area contributed by atoms with Gasteiger partial charge in [-0.15, -0.1) is 0 Å². The number of nitrogens with one attached hydrogen (secondary N) is 1. The zero-order valence-electron chi connectivity index (χ0n) is 12.8. The average Bonchev–Trinajstić information content (AvgIpc) is 2.38. The number of aryl methyl sites for hydroxylation is 2. The third-order valence-corrected chi connectivity index (χ3v) is 4.99. The number of benzene rings is 2. The van der Waals surface area contributed by atoms with E-state index in [0.29, 0.717) is 16.5 Å². The molecule has 3 nitrogen and oxygen atoms in total. The van der Waals surface area contributed by atoms with Crippen LogP contribution >= 0.6 is 0 Å². The van der Waals surface area contributed by atoms with Gasteiger partial charge in [0.2, 0.25) is 0 Å². The van der Waals surface area contributed by atoms with Crippen molar-refractivity contribution in [2.75, 3.05) is 4.72 Å². The highest BCUT2D eigenvalue weighted by Gasteiger charge is 2.16. The molecule has 2 rings (SSSR count). The molecule has 0 heterocycles. The minimum atomic E-state index is -3.54.